The second kappa shape index (κ2) is 7.75. The van der Waals surface area contributed by atoms with E-state index in [0.29, 0.717) is 11.4 Å². The Labute approximate surface area is 141 Å². The predicted molar refractivity (Wildman–Crippen MR) is 95.1 cm³/mol. The first-order valence-electron chi connectivity index (χ1n) is 7.70. The summed E-state index contributed by atoms with van der Waals surface area (Å²) < 4.78 is 0. The van der Waals surface area contributed by atoms with Crippen LogP contribution in [-0.2, 0) is 6.42 Å². The largest absolute Gasteiger partial charge is 0.370 e. The lowest BCUT2D eigenvalue weighted by Crippen LogP contribution is -2.07. The minimum absolute atomic E-state index is 0.631. The average molecular weight is 315 g/mol. The van der Waals surface area contributed by atoms with Crippen LogP contribution in [-0.4, -0.2) is 16.5 Å². The molecule has 0 amide bonds. The molecule has 1 heterocycles. The molecule has 24 heavy (non-hydrogen) atoms. The van der Waals surface area contributed by atoms with Gasteiger partial charge in [0.25, 0.3) is 0 Å². The van der Waals surface area contributed by atoms with Crippen LogP contribution in [0.15, 0.2) is 67.0 Å². The molecule has 0 bridgehead atoms. The maximum Gasteiger partial charge on any atom is 0.135 e. The van der Waals surface area contributed by atoms with E-state index in [0.717, 1.165) is 24.5 Å². The molecule has 0 spiro atoms. The maximum absolute atomic E-state index is 8.82. The van der Waals surface area contributed by atoms with Crippen LogP contribution in [0, 0.1) is 11.3 Å². The minimum atomic E-state index is 0.631. The van der Waals surface area contributed by atoms with Crippen molar-refractivity contribution in [3.63, 3.8) is 0 Å². The Hall–Kier alpha value is -3.39. The minimum Gasteiger partial charge on any atom is -0.370 e. The Balaban J connectivity index is 1.58. The van der Waals surface area contributed by atoms with E-state index >= 15 is 0 Å². The molecule has 1 aromatic heterocycles. The number of nitrogens with one attached hydrogen (secondary N) is 2. The fourth-order valence-corrected chi connectivity index (χ4v) is 2.28. The summed E-state index contributed by atoms with van der Waals surface area (Å²) in [6, 6.07) is 21.5. The fourth-order valence-electron chi connectivity index (χ4n) is 2.28. The fraction of sp³-hybridized carbons (Fsp3) is 0.105. The lowest BCUT2D eigenvalue weighted by Gasteiger charge is -2.09. The third-order valence-electron chi connectivity index (χ3n) is 3.52. The third kappa shape index (κ3) is 4.31. The van der Waals surface area contributed by atoms with Gasteiger partial charge in [-0.3, -0.25) is 0 Å². The van der Waals surface area contributed by atoms with Crippen molar-refractivity contribution in [3.8, 4) is 6.07 Å². The molecule has 0 radical (unpaired) electrons. The number of nitriles is 1. The summed E-state index contributed by atoms with van der Waals surface area (Å²) in [4.78, 5) is 8.45. The van der Waals surface area contributed by atoms with E-state index in [1.165, 1.54) is 11.9 Å². The number of aromatic nitrogens is 2. The SMILES string of the molecule is N#Cc1ccc(Nc2cc(NCCc3ccccc3)ncn2)cc1. The highest BCUT2D eigenvalue weighted by Crippen LogP contribution is 2.16. The van der Waals surface area contributed by atoms with Gasteiger partial charge in [0.05, 0.1) is 11.6 Å². The van der Waals surface area contributed by atoms with Crippen molar-refractivity contribution in [1.29, 1.82) is 5.26 Å². The number of hydrogen-bond acceptors (Lipinski definition) is 5. The summed E-state index contributed by atoms with van der Waals surface area (Å²) in [5.74, 6) is 1.48. The molecule has 3 aromatic rings. The lowest BCUT2D eigenvalue weighted by molar-refractivity contribution is 1.000. The highest BCUT2D eigenvalue weighted by atomic mass is 15.1. The topological polar surface area (TPSA) is 73.6 Å². The van der Waals surface area contributed by atoms with E-state index in [1.807, 2.05) is 36.4 Å². The van der Waals surface area contributed by atoms with Crippen molar-refractivity contribution in [2.45, 2.75) is 6.42 Å². The van der Waals surface area contributed by atoms with Crippen LogP contribution in [0.3, 0.4) is 0 Å². The number of benzene rings is 2. The second-order valence-electron chi connectivity index (χ2n) is 5.27. The smallest absolute Gasteiger partial charge is 0.135 e. The van der Waals surface area contributed by atoms with Gasteiger partial charge in [-0.1, -0.05) is 30.3 Å². The highest BCUT2D eigenvalue weighted by molar-refractivity contribution is 5.59. The maximum atomic E-state index is 8.82. The third-order valence-corrected chi connectivity index (χ3v) is 3.52. The van der Waals surface area contributed by atoms with Gasteiger partial charge in [0, 0.05) is 18.3 Å². The van der Waals surface area contributed by atoms with Gasteiger partial charge in [-0.15, -0.1) is 0 Å². The Bertz CT molecular complexity index is 822. The Morgan fingerprint density at radius 2 is 1.67 bits per heavy atom. The van der Waals surface area contributed by atoms with Crippen LogP contribution in [0.2, 0.25) is 0 Å². The standard InChI is InChI=1S/C19H17N5/c20-13-16-6-8-17(9-7-16)24-19-12-18(22-14-23-19)21-11-10-15-4-2-1-3-5-15/h1-9,12,14H,10-11H2,(H2,21,22,23,24). The molecule has 0 atom stereocenters. The zero-order valence-corrected chi connectivity index (χ0v) is 13.1. The van der Waals surface area contributed by atoms with E-state index in [4.69, 9.17) is 5.26 Å². The molecule has 118 valence electrons. The lowest BCUT2D eigenvalue weighted by atomic mass is 10.1. The number of nitrogens with zero attached hydrogens (tertiary/aromatic N) is 3. The van der Waals surface area contributed by atoms with Crippen LogP contribution in [0.4, 0.5) is 17.3 Å². The zero-order valence-electron chi connectivity index (χ0n) is 13.1. The molecule has 2 aromatic carbocycles. The van der Waals surface area contributed by atoms with Crippen molar-refractivity contribution in [2.24, 2.45) is 0 Å². The summed E-state index contributed by atoms with van der Waals surface area (Å²) in [5, 5.41) is 15.3. The summed E-state index contributed by atoms with van der Waals surface area (Å²) in [6.07, 6.45) is 2.46. The molecular formula is C19H17N5. The Morgan fingerprint density at radius 1 is 0.917 bits per heavy atom. The van der Waals surface area contributed by atoms with Gasteiger partial charge < -0.3 is 10.6 Å². The zero-order chi connectivity index (χ0) is 16.6. The Morgan fingerprint density at radius 3 is 2.42 bits per heavy atom. The molecule has 5 nitrogen and oxygen atoms in total. The molecular weight excluding hydrogens is 298 g/mol. The van der Waals surface area contributed by atoms with Gasteiger partial charge >= 0.3 is 0 Å². The summed E-state index contributed by atoms with van der Waals surface area (Å²) in [5.41, 5.74) is 2.80. The van der Waals surface area contributed by atoms with E-state index in [2.05, 4.69) is 38.8 Å². The van der Waals surface area contributed by atoms with Gasteiger partial charge in [-0.25, -0.2) is 9.97 Å². The van der Waals surface area contributed by atoms with E-state index < -0.39 is 0 Å². The molecule has 5 heteroatoms. The molecule has 3 rings (SSSR count). The Kier molecular flexibility index (Phi) is 5.00. The van der Waals surface area contributed by atoms with Crippen LogP contribution < -0.4 is 10.6 Å². The quantitative estimate of drug-likeness (QED) is 0.725. The number of anilines is 3. The van der Waals surface area contributed by atoms with Gasteiger partial charge in [0.15, 0.2) is 0 Å². The van der Waals surface area contributed by atoms with E-state index in [1.54, 1.807) is 12.1 Å². The van der Waals surface area contributed by atoms with E-state index in [-0.39, 0.29) is 0 Å². The van der Waals surface area contributed by atoms with Gasteiger partial charge in [-0.2, -0.15) is 5.26 Å². The first-order chi connectivity index (χ1) is 11.8. The van der Waals surface area contributed by atoms with Crippen LogP contribution in [0.25, 0.3) is 0 Å². The molecule has 0 unspecified atom stereocenters. The van der Waals surface area contributed by atoms with Crippen molar-refractivity contribution >= 4 is 17.3 Å². The van der Waals surface area contributed by atoms with Crippen molar-refractivity contribution in [1.82, 2.24) is 9.97 Å². The van der Waals surface area contributed by atoms with Gasteiger partial charge in [-0.05, 0) is 36.2 Å². The normalized spacial score (nSPS) is 9.96. The van der Waals surface area contributed by atoms with Crippen LogP contribution >= 0.6 is 0 Å². The molecule has 0 fully saturated rings. The molecule has 0 aliphatic carbocycles. The first-order valence-corrected chi connectivity index (χ1v) is 7.70. The monoisotopic (exact) mass is 315 g/mol. The number of rotatable bonds is 6. The molecule has 0 aliphatic rings. The molecule has 0 saturated heterocycles. The van der Waals surface area contributed by atoms with Crippen LogP contribution in [0.5, 0.6) is 0 Å². The molecule has 0 saturated carbocycles. The first kappa shape index (κ1) is 15.5. The number of hydrogen-bond donors (Lipinski definition) is 2. The summed E-state index contributed by atoms with van der Waals surface area (Å²) >= 11 is 0. The van der Waals surface area contributed by atoms with Crippen molar-refractivity contribution < 1.29 is 0 Å². The second-order valence-corrected chi connectivity index (χ2v) is 5.27. The predicted octanol–water partition coefficient (Wildman–Crippen LogP) is 3.75. The van der Waals surface area contributed by atoms with Crippen LogP contribution in [0.1, 0.15) is 11.1 Å². The average Bonchev–Trinajstić information content (AvgIpc) is 2.64. The molecule has 0 aliphatic heterocycles. The van der Waals surface area contributed by atoms with Crippen molar-refractivity contribution in [3.05, 3.63) is 78.1 Å². The van der Waals surface area contributed by atoms with Crippen molar-refractivity contribution in [2.75, 3.05) is 17.2 Å². The summed E-state index contributed by atoms with van der Waals surface area (Å²) in [7, 11) is 0. The highest BCUT2D eigenvalue weighted by Gasteiger charge is 2.00. The van der Waals surface area contributed by atoms with Gasteiger partial charge in [0.2, 0.25) is 0 Å². The summed E-state index contributed by atoms with van der Waals surface area (Å²) in [6.45, 7) is 0.803. The molecule has 2 N–H and O–H groups in total. The van der Waals surface area contributed by atoms with E-state index in [9.17, 15) is 0 Å². The van der Waals surface area contributed by atoms with Gasteiger partial charge in [0.1, 0.15) is 18.0 Å².